The molecule has 0 fully saturated rings. The number of esters is 2. The first-order valence-corrected chi connectivity index (χ1v) is 34.0. The second-order valence-corrected chi connectivity index (χ2v) is 27.5. The van der Waals surface area contributed by atoms with E-state index in [0.29, 0.717) is 30.8 Å². The first-order valence-electron chi connectivity index (χ1n) is 34.0. The van der Waals surface area contributed by atoms with Crippen LogP contribution >= 0.6 is 0 Å². The van der Waals surface area contributed by atoms with Crippen molar-refractivity contribution in [2.45, 2.75) is 273 Å². The molecular formula is C71H116N8O15. The second-order valence-electron chi connectivity index (χ2n) is 27.5. The van der Waals surface area contributed by atoms with Crippen LogP contribution in [0.3, 0.4) is 0 Å². The molecule has 0 radical (unpaired) electrons. The summed E-state index contributed by atoms with van der Waals surface area (Å²) in [6.45, 7) is 24.9. The minimum absolute atomic E-state index is 0.0493. The number of carboxylic acid groups (broad SMARTS) is 1. The van der Waals surface area contributed by atoms with Gasteiger partial charge in [-0.15, -0.1) is 0 Å². The number of amides is 7. The highest BCUT2D eigenvalue weighted by atomic mass is 16.6. The smallest absolute Gasteiger partial charge is 0.329 e. The fourth-order valence-electron chi connectivity index (χ4n) is 10.6. The monoisotopic (exact) mass is 1320 g/mol. The Morgan fingerprint density at radius 3 is 1.33 bits per heavy atom. The number of hydrogen-bond donors (Lipinski definition) is 9. The summed E-state index contributed by atoms with van der Waals surface area (Å²) < 4.78 is 22.1. The number of nitrogens with two attached hydrogens (primary N) is 1. The highest BCUT2D eigenvalue weighted by Crippen LogP contribution is 2.27. The van der Waals surface area contributed by atoms with Crippen molar-refractivity contribution in [1.82, 2.24) is 37.2 Å². The van der Waals surface area contributed by atoms with Gasteiger partial charge in [0.15, 0.2) is 0 Å². The van der Waals surface area contributed by atoms with Gasteiger partial charge in [0, 0.05) is 6.42 Å². The number of ether oxygens (including phenoxy) is 4. The third-order valence-electron chi connectivity index (χ3n) is 16.0. The maximum atomic E-state index is 14.6. The van der Waals surface area contributed by atoms with Gasteiger partial charge in [0.2, 0.25) is 41.4 Å². The third kappa shape index (κ3) is 32.2. The van der Waals surface area contributed by atoms with Crippen molar-refractivity contribution >= 4 is 59.3 Å². The predicted molar refractivity (Wildman–Crippen MR) is 362 cm³/mol. The SMILES string of the molecule is CCCCCCCCCCCC(CC(=O)O)OC(=O)[C@@H](NC(=O)[C@H](CC(C)C)NC(=O)[C@H](CC(=O)OC(C)(C)C)NC(=O)[C@@H](NC(=O)[C@H](CC(C)C)NC(=O)[C@H](CC(C)C)NC(=O)[C@@H](N)CCC(=O)NC(c1ccc(OC)cc1)c1ccc(OC)cc1)C(C)C)[C@@H](C)CC. The Balaban J connectivity index is 2.36. The lowest BCUT2D eigenvalue weighted by Crippen LogP contribution is -2.61. The van der Waals surface area contributed by atoms with Gasteiger partial charge in [-0.2, -0.15) is 0 Å². The molecular weight excluding hydrogens is 1200 g/mol. The van der Waals surface area contributed by atoms with Crippen LogP contribution in [0.1, 0.15) is 230 Å². The minimum Gasteiger partial charge on any atom is -0.497 e. The molecule has 7 amide bonds. The van der Waals surface area contributed by atoms with E-state index < -0.39 is 138 Å². The molecule has 10 N–H and O–H groups in total. The van der Waals surface area contributed by atoms with Crippen molar-refractivity contribution in [3.8, 4) is 11.5 Å². The van der Waals surface area contributed by atoms with Crippen LogP contribution in [0.15, 0.2) is 48.5 Å². The second kappa shape index (κ2) is 42.9. The maximum Gasteiger partial charge on any atom is 0.329 e. The highest BCUT2D eigenvalue weighted by molar-refractivity contribution is 5.98. The fourth-order valence-corrected chi connectivity index (χ4v) is 10.6. The molecule has 0 aromatic heterocycles. The van der Waals surface area contributed by atoms with Crippen LogP contribution in [0.2, 0.25) is 0 Å². The number of nitrogens with one attached hydrogen (secondary N) is 7. The van der Waals surface area contributed by atoms with Crippen LogP contribution in [-0.4, -0.2) is 133 Å². The van der Waals surface area contributed by atoms with Crippen molar-refractivity contribution in [3.05, 3.63) is 59.7 Å². The van der Waals surface area contributed by atoms with E-state index in [0.717, 1.165) is 36.8 Å². The quantitative estimate of drug-likeness (QED) is 0.0221. The van der Waals surface area contributed by atoms with E-state index in [4.69, 9.17) is 24.7 Å². The maximum absolute atomic E-state index is 14.6. The molecule has 23 heteroatoms. The number of carbonyl (C=O) groups excluding carboxylic acids is 9. The van der Waals surface area contributed by atoms with Gasteiger partial charge in [-0.1, -0.05) is 158 Å². The van der Waals surface area contributed by atoms with E-state index in [1.165, 1.54) is 25.7 Å². The number of carbonyl (C=O) groups is 10. The van der Waals surface area contributed by atoms with E-state index in [1.54, 1.807) is 80.0 Å². The van der Waals surface area contributed by atoms with Gasteiger partial charge in [-0.3, -0.25) is 43.2 Å². The Kier molecular flexibility index (Phi) is 37.8. The molecule has 2 aromatic carbocycles. The number of benzene rings is 2. The van der Waals surface area contributed by atoms with Crippen molar-refractivity contribution < 1.29 is 72.0 Å². The first kappa shape index (κ1) is 82.8. The molecule has 2 aromatic rings. The number of rotatable bonds is 45. The molecule has 0 aliphatic heterocycles. The average molecular weight is 1320 g/mol. The average Bonchev–Trinajstić information content (AvgIpc) is 0.927. The summed E-state index contributed by atoms with van der Waals surface area (Å²) >= 11 is 0. The van der Waals surface area contributed by atoms with E-state index in [-0.39, 0.29) is 55.8 Å². The Morgan fingerprint density at radius 1 is 0.500 bits per heavy atom. The van der Waals surface area contributed by atoms with Gasteiger partial charge in [-0.05, 0) is 124 Å². The topological polar surface area (TPSA) is 338 Å². The Labute approximate surface area is 559 Å². The normalized spacial score (nSPS) is 14.5. The van der Waals surface area contributed by atoms with Crippen molar-refractivity contribution in [2.24, 2.45) is 35.3 Å². The molecule has 2 rings (SSSR count). The van der Waals surface area contributed by atoms with Gasteiger partial charge >= 0.3 is 17.9 Å². The van der Waals surface area contributed by atoms with Crippen LogP contribution < -0.4 is 52.4 Å². The fraction of sp³-hybridized carbons (Fsp3) is 0.690. The van der Waals surface area contributed by atoms with Gasteiger partial charge < -0.3 is 67.0 Å². The zero-order valence-electron chi connectivity index (χ0n) is 59.2. The van der Waals surface area contributed by atoms with Crippen molar-refractivity contribution in [3.63, 3.8) is 0 Å². The molecule has 0 bridgehead atoms. The molecule has 0 aliphatic rings. The number of hydrogen-bond acceptors (Lipinski definition) is 15. The number of aliphatic carboxylic acids is 1. The molecule has 1 unspecified atom stereocenters. The molecule has 9 atom stereocenters. The van der Waals surface area contributed by atoms with E-state index in [1.807, 2.05) is 72.7 Å². The Hall–Kier alpha value is -7.30. The molecule has 0 saturated carbocycles. The van der Waals surface area contributed by atoms with Gasteiger partial charge in [0.25, 0.3) is 0 Å². The molecule has 0 spiro atoms. The van der Waals surface area contributed by atoms with E-state index in [9.17, 15) is 53.1 Å². The zero-order valence-corrected chi connectivity index (χ0v) is 59.2. The summed E-state index contributed by atoms with van der Waals surface area (Å²) in [5, 5.41) is 29.2. The molecule has 94 heavy (non-hydrogen) atoms. The van der Waals surface area contributed by atoms with Gasteiger partial charge in [0.1, 0.15) is 59.5 Å². The molecule has 0 aliphatic carbocycles. The predicted octanol–water partition coefficient (Wildman–Crippen LogP) is 8.81. The molecule has 23 nitrogen and oxygen atoms in total. The lowest BCUT2D eigenvalue weighted by molar-refractivity contribution is -0.159. The van der Waals surface area contributed by atoms with Crippen molar-refractivity contribution in [1.29, 1.82) is 0 Å². The summed E-state index contributed by atoms with van der Waals surface area (Å²) in [4.78, 5) is 139. The Morgan fingerprint density at radius 2 is 0.915 bits per heavy atom. The largest absolute Gasteiger partial charge is 0.497 e. The summed E-state index contributed by atoms with van der Waals surface area (Å²) in [7, 11) is 3.11. The highest BCUT2D eigenvalue weighted by Gasteiger charge is 2.38. The molecule has 530 valence electrons. The molecule has 0 heterocycles. The van der Waals surface area contributed by atoms with Crippen LogP contribution in [0.5, 0.6) is 11.5 Å². The van der Waals surface area contributed by atoms with Gasteiger partial charge in [-0.25, -0.2) is 4.79 Å². The zero-order chi connectivity index (χ0) is 70.8. The number of unbranched alkanes of at least 4 members (excludes halogenated alkanes) is 8. The summed E-state index contributed by atoms with van der Waals surface area (Å²) in [5.74, 6) is -8.33. The van der Waals surface area contributed by atoms with E-state index in [2.05, 4.69) is 44.1 Å². The van der Waals surface area contributed by atoms with E-state index >= 15 is 0 Å². The van der Waals surface area contributed by atoms with Crippen molar-refractivity contribution in [2.75, 3.05) is 14.2 Å². The van der Waals surface area contributed by atoms with Crippen LogP contribution in [0.25, 0.3) is 0 Å². The summed E-state index contributed by atoms with van der Waals surface area (Å²) in [6, 6.07) is 4.71. The lowest BCUT2D eigenvalue weighted by atomic mass is 9.97. The van der Waals surface area contributed by atoms with Crippen LogP contribution in [0, 0.1) is 29.6 Å². The lowest BCUT2D eigenvalue weighted by Gasteiger charge is -2.30. The summed E-state index contributed by atoms with van der Waals surface area (Å²) in [6.07, 6.45) is 8.19. The first-order chi connectivity index (χ1) is 44.2. The van der Waals surface area contributed by atoms with Crippen LogP contribution in [-0.2, 0) is 57.4 Å². The third-order valence-corrected chi connectivity index (χ3v) is 16.0. The Bertz CT molecular complexity index is 2630. The summed E-state index contributed by atoms with van der Waals surface area (Å²) in [5.41, 5.74) is 6.94. The molecule has 0 saturated heterocycles. The minimum atomic E-state index is -1.67. The van der Waals surface area contributed by atoms with Gasteiger partial charge in [0.05, 0.1) is 39.1 Å². The van der Waals surface area contributed by atoms with Crippen LogP contribution in [0.4, 0.5) is 0 Å². The standard InChI is InChI=1S/C71H116N8O15/c1-17-19-20-21-22-23-24-25-26-27-52(41-59(81)82)93-70(90)62(47(11)18-2)79-68(88)56(40-45(7)8)75-66(86)57(42-60(83)94-71(12,13)14)76-69(89)61(46(9)10)78-67(87)55(39-44(5)6)74-65(85)54(38-43(3)4)73-64(84)53(72)36-37-58(80)77-63(48-28-32-50(91-15)33-29-48)49-30-34-51(92-16)35-31-49/h28-35,43-47,52-57,61-63H,17-27,36-42,72H2,1-16H3,(H,73,84)(H,74,85)(H,75,86)(H,76,89)(H,77,80)(H,78,87)(H,79,88)(H,81,82)/t47-,52?,53-,54-,55-,56-,57-,61-,62-/m0/s1. The number of methoxy groups -OCH3 is 2. The number of carboxylic acids is 1.